The molecule has 2 amide bonds. The molecule has 0 saturated carbocycles. The van der Waals surface area contributed by atoms with E-state index < -0.39 is 24.3 Å². The Labute approximate surface area is 264 Å². The standard InChI is InChI=1S/C32H35BrN4O7/c1-5-42-27-15-23(30-29(31(39)41-4)20(3)35-32(40)36-30)11-13-26(27)44-18-28(38)37-34-16-22-10-12-25(24(33)14-22)43-17-21-8-6-19(2)7-9-21/h6-16,28,30,37-38H,5,17-18H2,1-4H3,(H2,35,36,40)/b34-16-/t28-,30-/m1/s1. The van der Waals surface area contributed by atoms with E-state index in [9.17, 15) is 14.7 Å². The molecular weight excluding hydrogens is 632 g/mol. The van der Waals surface area contributed by atoms with Crippen molar-refractivity contribution in [3.05, 3.63) is 98.7 Å². The van der Waals surface area contributed by atoms with Crippen molar-refractivity contribution in [3.63, 3.8) is 0 Å². The number of hydrogen-bond acceptors (Lipinski definition) is 9. The van der Waals surface area contributed by atoms with Gasteiger partial charge in [0.05, 0.1) is 36.0 Å². The Morgan fingerprint density at radius 1 is 1.05 bits per heavy atom. The largest absolute Gasteiger partial charge is 0.490 e. The summed E-state index contributed by atoms with van der Waals surface area (Å²) in [5.41, 5.74) is 6.96. The lowest BCUT2D eigenvalue weighted by Crippen LogP contribution is -2.45. The number of benzene rings is 3. The fraction of sp³-hybridized carbons (Fsp3) is 0.281. The van der Waals surface area contributed by atoms with Crippen molar-refractivity contribution in [1.29, 1.82) is 0 Å². The lowest BCUT2D eigenvalue weighted by atomic mass is 9.95. The Bertz CT molecular complexity index is 1540. The molecule has 12 heteroatoms. The number of ether oxygens (including phenoxy) is 4. The van der Waals surface area contributed by atoms with E-state index in [0.717, 1.165) is 15.6 Å². The van der Waals surface area contributed by atoms with Crippen molar-refractivity contribution >= 4 is 34.1 Å². The number of amides is 2. The topological polar surface area (TPSA) is 140 Å². The van der Waals surface area contributed by atoms with Crippen molar-refractivity contribution in [2.75, 3.05) is 20.3 Å². The van der Waals surface area contributed by atoms with E-state index in [-0.39, 0.29) is 12.2 Å². The highest BCUT2D eigenvalue weighted by atomic mass is 79.9. The Kier molecular flexibility index (Phi) is 11.2. The van der Waals surface area contributed by atoms with E-state index in [4.69, 9.17) is 18.9 Å². The molecule has 1 heterocycles. The monoisotopic (exact) mass is 666 g/mol. The lowest BCUT2D eigenvalue weighted by molar-refractivity contribution is -0.136. The number of aliphatic hydroxyl groups is 1. The van der Waals surface area contributed by atoms with Crippen LogP contribution < -0.4 is 30.3 Å². The number of urea groups is 1. The first-order valence-electron chi connectivity index (χ1n) is 13.9. The van der Waals surface area contributed by atoms with Gasteiger partial charge in [0.15, 0.2) is 17.7 Å². The number of carbonyl (C=O) groups excluding carboxylic acids is 2. The number of nitrogens with zero attached hydrogens (tertiary/aromatic N) is 1. The van der Waals surface area contributed by atoms with Crippen molar-refractivity contribution in [2.45, 2.75) is 39.6 Å². The van der Waals surface area contributed by atoms with E-state index in [0.29, 0.717) is 41.7 Å². The molecule has 0 aromatic heterocycles. The first-order valence-corrected chi connectivity index (χ1v) is 14.7. The van der Waals surface area contributed by atoms with Gasteiger partial charge in [0.25, 0.3) is 0 Å². The average molecular weight is 668 g/mol. The molecule has 3 aromatic rings. The van der Waals surface area contributed by atoms with Gasteiger partial charge in [-0.3, -0.25) is 5.43 Å². The maximum atomic E-state index is 12.4. The number of hydrogen-bond donors (Lipinski definition) is 4. The van der Waals surface area contributed by atoms with Crippen molar-refractivity contribution in [3.8, 4) is 17.2 Å². The molecule has 3 aromatic carbocycles. The highest BCUT2D eigenvalue weighted by Crippen LogP contribution is 2.35. The second-order valence-electron chi connectivity index (χ2n) is 9.88. The summed E-state index contributed by atoms with van der Waals surface area (Å²) in [6.07, 6.45) is 0.445. The minimum atomic E-state index is -1.12. The number of hydrazone groups is 1. The molecular formula is C32H35BrN4O7. The van der Waals surface area contributed by atoms with Gasteiger partial charge in [-0.05, 0) is 83.7 Å². The summed E-state index contributed by atoms with van der Waals surface area (Å²) in [5.74, 6) is 0.884. The Hall–Kier alpha value is -4.55. The molecule has 1 aliphatic heterocycles. The third kappa shape index (κ3) is 8.51. The maximum absolute atomic E-state index is 12.4. The molecule has 44 heavy (non-hydrogen) atoms. The van der Waals surface area contributed by atoms with Crippen LogP contribution >= 0.6 is 15.9 Å². The molecule has 0 fully saturated rings. The number of aryl methyl sites for hydroxylation is 1. The van der Waals surface area contributed by atoms with E-state index in [2.05, 4.69) is 37.1 Å². The number of methoxy groups -OCH3 is 1. The molecule has 232 valence electrons. The molecule has 0 bridgehead atoms. The normalized spacial score (nSPS) is 15.3. The van der Waals surface area contributed by atoms with Crippen molar-refractivity contribution in [2.24, 2.45) is 5.10 Å². The Balaban J connectivity index is 1.34. The number of esters is 1. The summed E-state index contributed by atoms with van der Waals surface area (Å²) in [5, 5.41) is 19.9. The van der Waals surface area contributed by atoms with Crippen LogP contribution in [0.1, 0.15) is 42.1 Å². The summed E-state index contributed by atoms with van der Waals surface area (Å²) in [6, 6.07) is 17.6. The van der Waals surface area contributed by atoms with Gasteiger partial charge in [-0.1, -0.05) is 35.9 Å². The predicted molar refractivity (Wildman–Crippen MR) is 169 cm³/mol. The van der Waals surface area contributed by atoms with Crippen LogP contribution in [-0.2, 0) is 16.1 Å². The zero-order valence-electron chi connectivity index (χ0n) is 24.8. The number of aliphatic hydroxyl groups excluding tert-OH is 1. The minimum absolute atomic E-state index is 0.136. The third-order valence-electron chi connectivity index (χ3n) is 6.58. The summed E-state index contributed by atoms with van der Waals surface area (Å²) < 4.78 is 23.2. The van der Waals surface area contributed by atoms with Crippen LogP contribution in [-0.4, -0.2) is 49.9 Å². The second kappa shape index (κ2) is 15.3. The van der Waals surface area contributed by atoms with Gasteiger partial charge in [0, 0.05) is 5.70 Å². The summed E-state index contributed by atoms with van der Waals surface area (Å²) >= 11 is 3.54. The van der Waals surface area contributed by atoms with E-state index in [1.165, 1.54) is 12.7 Å². The summed E-state index contributed by atoms with van der Waals surface area (Å²) in [4.78, 5) is 24.6. The van der Waals surface area contributed by atoms with Crippen LogP contribution in [0.5, 0.6) is 17.2 Å². The second-order valence-corrected chi connectivity index (χ2v) is 10.7. The van der Waals surface area contributed by atoms with E-state index in [1.807, 2.05) is 56.3 Å². The molecule has 0 saturated heterocycles. The van der Waals surface area contributed by atoms with Gasteiger partial charge in [-0.15, -0.1) is 0 Å². The maximum Gasteiger partial charge on any atom is 0.337 e. The Morgan fingerprint density at radius 2 is 1.80 bits per heavy atom. The molecule has 4 rings (SSSR count). The minimum Gasteiger partial charge on any atom is -0.490 e. The lowest BCUT2D eigenvalue weighted by Gasteiger charge is -2.28. The molecule has 0 radical (unpaired) electrons. The third-order valence-corrected chi connectivity index (χ3v) is 7.20. The fourth-order valence-corrected chi connectivity index (χ4v) is 4.89. The predicted octanol–water partition coefficient (Wildman–Crippen LogP) is 4.86. The van der Waals surface area contributed by atoms with Crippen molar-refractivity contribution in [1.82, 2.24) is 16.1 Å². The zero-order chi connectivity index (χ0) is 31.6. The van der Waals surface area contributed by atoms with Gasteiger partial charge >= 0.3 is 12.0 Å². The quantitative estimate of drug-likeness (QED) is 0.0878. The highest BCUT2D eigenvalue weighted by Gasteiger charge is 2.32. The smallest absolute Gasteiger partial charge is 0.337 e. The Morgan fingerprint density at radius 3 is 2.50 bits per heavy atom. The van der Waals surface area contributed by atoms with E-state index >= 15 is 0 Å². The molecule has 2 atom stereocenters. The first-order chi connectivity index (χ1) is 21.2. The van der Waals surface area contributed by atoms with Crippen LogP contribution in [0.4, 0.5) is 4.79 Å². The molecule has 0 aliphatic carbocycles. The van der Waals surface area contributed by atoms with Crippen LogP contribution in [0.15, 0.2) is 81.5 Å². The van der Waals surface area contributed by atoms with E-state index in [1.54, 1.807) is 31.3 Å². The van der Waals surface area contributed by atoms with Gasteiger partial charge in [0.1, 0.15) is 19.0 Å². The molecule has 0 unspecified atom stereocenters. The zero-order valence-corrected chi connectivity index (χ0v) is 26.4. The average Bonchev–Trinajstić information content (AvgIpc) is 3.00. The molecule has 11 nitrogen and oxygen atoms in total. The van der Waals surface area contributed by atoms with Crippen LogP contribution in [0.25, 0.3) is 0 Å². The van der Waals surface area contributed by atoms with Crippen molar-refractivity contribution < 1.29 is 33.6 Å². The van der Waals surface area contributed by atoms with Gasteiger partial charge in [-0.25, -0.2) is 9.59 Å². The summed E-state index contributed by atoms with van der Waals surface area (Å²) in [6.45, 7) is 6.15. The number of rotatable bonds is 13. The number of carbonyl (C=O) groups is 2. The van der Waals surface area contributed by atoms with Gasteiger partial charge < -0.3 is 34.7 Å². The van der Waals surface area contributed by atoms with Crippen LogP contribution in [0, 0.1) is 6.92 Å². The SMILES string of the molecule is CCOc1cc([C@H]2NC(=O)NC(C)=C2C(=O)OC)ccc1OC[C@@H](O)N/N=C\c1ccc(OCc2ccc(C)cc2)c(Br)c1. The van der Waals surface area contributed by atoms with Gasteiger partial charge in [-0.2, -0.15) is 5.10 Å². The first kappa shape index (κ1) is 32.4. The number of nitrogens with one attached hydrogen (secondary N) is 3. The number of halogens is 1. The molecule has 1 aliphatic rings. The summed E-state index contributed by atoms with van der Waals surface area (Å²) in [7, 11) is 1.28. The van der Waals surface area contributed by atoms with Gasteiger partial charge in [0.2, 0.25) is 0 Å². The fourth-order valence-electron chi connectivity index (χ4n) is 4.38. The highest BCUT2D eigenvalue weighted by molar-refractivity contribution is 9.10. The van der Waals surface area contributed by atoms with Crippen LogP contribution in [0.2, 0.25) is 0 Å². The number of allylic oxidation sites excluding steroid dienone is 1. The molecule has 0 spiro atoms. The molecule has 4 N–H and O–H groups in total. The van der Waals surface area contributed by atoms with Crippen LogP contribution in [0.3, 0.4) is 0 Å².